The summed E-state index contributed by atoms with van der Waals surface area (Å²) in [5.74, 6) is 1.76. The highest BCUT2D eigenvalue weighted by Crippen LogP contribution is 2.34. The first-order chi connectivity index (χ1) is 11.8. The van der Waals surface area contributed by atoms with Crippen molar-refractivity contribution in [3.8, 4) is 0 Å². The van der Waals surface area contributed by atoms with Gasteiger partial charge >= 0.3 is 0 Å². The lowest BCUT2D eigenvalue weighted by Crippen LogP contribution is -2.40. The normalized spacial score (nSPS) is 21.2. The molecule has 1 saturated carbocycles. The fourth-order valence-corrected chi connectivity index (χ4v) is 3.60. The largest absolute Gasteiger partial charge is 0.327 e. The minimum atomic E-state index is 0.0210. The lowest BCUT2D eigenvalue weighted by Gasteiger charge is -2.35. The average molecular weight is 328 g/mol. The number of likely N-dealkylation sites (tertiary alicyclic amines) is 1. The number of piperidine rings is 1. The van der Waals surface area contributed by atoms with Crippen LogP contribution < -0.4 is 0 Å². The molecule has 2 aliphatic rings. The fourth-order valence-electron chi connectivity index (χ4n) is 3.60. The molecule has 24 heavy (non-hydrogen) atoms. The molecule has 4 rings (SSSR count). The van der Waals surface area contributed by atoms with Crippen LogP contribution in [0.15, 0.2) is 18.6 Å². The van der Waals surface area contributed by atoms with Crippen LogP contribution in [-0.4, -0.2) is 41.9 Å². The summed E-state index contributed by atoms with van der Waals surface area (Å²) in [7, 11) is 0. The first-order valence-corrected chi connectivity index (χ1v) is 8.98. The standard InChI is InChI=1S/C17H24N6O/c1-2-23-15(8-9-19-23)17(24)22-10-4-3-5-14(22)16-20-18-12-21(16)11-13-6-7-13/h8-9,12-14H,2-7,10-11H2,1H3/t14-/m1/s1. The Labute approximate surface area is 141 Å². The molecule has 3 heterocycles. The van der Waals surface area contributed by atoms with Gasteiger partial charge < -0.3 is 9.47 Å². The maximum Gasteiger partial charge on any atom is 0.272 e. The van der Waals surface area contributed by atoms with E-state index < -0.39 is 0 Å². The maximum absolute atomic E-state index is 13.1. The number of amides is 1. The number of hydrogen-bond acceptors (Lipinski definition) is 4. The molecule has 2 aromatic rings. The van der Waals surface area contributed by atoms with Crippen LogP contribution in [0, 0.1) is 5.92 Å². The summed E-state index contributed by atoms with van der Waals surface area (Å²) in [6.45, 7) is 4.45. The van der Waals surface area contributed by atoms with Gasteiger partial charge in [-0.25, -0.2) is 0 Å². The van der Waals surface area contributed by atoms with Gasteiger partial charge in [-0.15, -0.1) is 10.2 Å². The number of aryl methyl sites for hydroxylation is 1. The lowest BCUT2D eigenvalue weighted by atomic mass is 10.0. The van der Waals surface area contributed by atoms with Gasteiger partial charge in [0.25, 0.3) is 5.91 Å². The molecule has 0 aromatic carbocycles. The van der Waals surface area contributed by atoms with Crippen molar-refractivity contribution < 1.29 is 4.79 Å². The third-order valence-corrected chi connectivity index (χ3v) is 5.09. The Hall–Kier alpha value is -2.18. The van der Waals surface area contributed by atoms with E-state index in [1.54, 1.807) is 10.9 Å². The molecule has 0 spiro atoms. The Balaban J connectivity index is 1.61. The van der Waals surface area contributed by atoms with E-state index >= 15 is 0 Å². The Bertz CT molecular complexity index is 716. The van der Waals surface area contributed by atoms with Gasteiger partial charge in [0.15, 0.2) is 5.82 Å². The SMILES string of the molecule is CCn1nccc1C(=O)N1CCCC[C@@H]1c1nncn1CC1CC1. The molecular weight excluding hydrogens is 304 g/mol. The Kier molecular flexibility index (Phi) is 4.08. The molecule has 1 aliphatic carbocycles. The number of carbonyl (C=O) groups excluding carboxylic acids is 1. The highest BCUT2D eigenvalue weighted by molar-refractivity contribution is 5.92. The van der Waals surface area contributed by atoms with Crippen LogP contribution in [0.25, 0.3) is 0 Å². The summed E-state index contributed by atoms with van der Waals surface area (Å²) in [5.41, 5.74) is 0.664. The maximum atomic E-state index is 13.1. The number of rotatable bonds is 5. The van der Waals surface area contributed by atoms with Crippen molar-refractivity contribution in [2.45, 2.75) is 58.2 Å². The van der Waals surface area contributed by atoms with Crippen LogP contribution in [0.1, 0.15) is 61.4 Å². The van der Waals surface area contributed by atoms with Crippen LogP contribution in [0.2, 0.25) is 0 Å². The highest BCUT2D eigenvalue weighted by atomic mass is 16.2. The molecule has 0 radical (unpaired) electrons. The van der Waals surface area contributed by atoms with Crippen LogP contribution in [0.3, 0.4) is 0 Å². The summed E-state index contributed by atoms with van der Waals surface area (Å²) >= 11 is 0. The quantitative estimate of drug-likeness (QED) is 0.844. The second kappa shape index (κ2) is 6.37. The summed E-state index contributed by atoms with van der Waals surface area (Å²) in [4.78, 5) is 15.1. The molecule has 0 bridgehead atoms. The molecule has 1 atom stereocenters. The van der Waals surface area contributed by atoms with Crippen LogP contribution in [0.5, 0.6) is 0 Å². The highest BCUT2D eigenvalue weighted by Gasteiger charge is 2.34. The Morgan fingerprint density at radius 3 is 2.96 bits per heavy atom. The summed E-state index contributed by atoms with van der Waals surface area (Å²) in [5, 5.41) is 12.7. The van der Waals surface area contributed by atoms with Crippen molar-refractivity contribution >= 4 is 5.91 Å². The molecule has 128 valence electrons. The van der Waals surface area contributed by atoms with E-state index in [0.717, 1.165) is 44.1 Å². The van der Waals surface area contributed by atoms with Crippen LogP contribution >= 0.6 is 0 Å². The Morgan fingerprint density at radius 1 is 1.29 bits per heavy atom. The van der Waals surface area contributed by atoms with Gasteiger partial charge in [-0.1, -0.05) is 0 Å². The summed E-state index contributed by atoms with van der Waals surface area (Å²) in [6, 6.07) is 1.83. The zero-order chi connectivity index (χ0) is 16.5. The molecule has 7 nitrogen and oxygen atoms in total. The van der Waals surface area contributed by atoms with Crippen LogP contribution in [0.4, 0.5) is 0 Å². The second-order valence-electron chi connectivity index (χ2n) is 6.83. The average Bonchev–Trinajstić information content (AvgIpc) is 3.12. The predicted octanol–water partition coefficient (Wildman–Crippen LogP) is 2.27. The van der Waals surface area contributed by atoms with E-state index in [2.05, 4.69) is 19.9 Å². The molecule has 2 fully saturated rings. The van der Waals surface area contributed by atoms with Gasteiger partial charge in [0, 0.05) is 25.8 Å². The number of hydrogen-bond donors (Lipinski definition) is 0. The van der Waals surface area contributed by atoms with E-state index in [-0.39, 0.29) is 11.9 Å². The third kappa shape index (κ3) is 2.83. The van der Waals surface area contributed by atoms with Crippen molar-refractivity contribution in [1.82, 2.24) is 29.4 Å². The van der Waals surface area contributed by atoms with Gasteiger partial charge in [0.1, 0.15) is 12.0 Å². The minimum absolute atomic E-state index is 0.0210. The smallest absolute Gasteiger partial charge is 0.272 e. The van der Waals surface area contributed by atoms with E-state index in [0.29, 0.717) is 12.2 Å². The van der Waals surface area contributed by atoms with E-state index in [1.807, 2.05) is 24.2 Å². The molecule has 7 heteroatoms. The first-order valence-electron chi connectivity index (χ1n) is 8.98. The summed E-state index contributed by atoms with van der Waals surface area (Å²) in [6.07, 6.45) is 9.22. The summed E-state index contributed by atoms with van der Waals surface area (Å²) < 4.78 is 3.92. The minimum Gasteiger partial charge on any atom is -0.327 e. The van der Waals surface area contributed by atoms with Gasteiger partial charge in [-0.2, -0.15) is 5.10 Å². The first kappa shape index (κ1) is 15.4. The number of carbonyl (C=O) groups is 1. The van der Waals surface area contributed by atoms with Crippen molar-refractivity contribution in [2.24, 2.45) is 5.92 Å². The number of nitrogens with zero attached hydrogens (tertiary/aromatic N) is 6. The Morgan fingerprint density at radius 2 is 2.17 bits per heavy atom. The van der Waals surface area contributed by atoms with E-state index in [4.69, 9.17) is 0 Å². The molecule has 1 amide bonds. The molecule has 1 aliphatic heterocycles. The number of aromatic nitrogens is 5. The van der Waals surface area contributed by atoms with E-state index in [1.165, 1.54) is 12.8 Å². The second-order valence-corrected chi connectivity index (χ2v) is 6.83. The molecule has 0 N–H and O–H groups in total. The van der Waals surface area contributed by atoms with Crippen molar-refractivity contribution in [3.05, 3.63) is 30.1 Å². The topological polar surface area (TPSA) is 68.8 Å². The van der Waals surface area contributed by atoms with E-state index in [9.17, 15) is 4.79 Å². The monoisotopic (exact) mass is 328 g/mol. The van der Waals surface area contributed by atoms with Crippen molar-refractivity contribution in [1.29, 1.82) is 0 Å². The fraction of sp³-hybridized carbons (Fsp3) is 0.647. The van der Waals surface area contributed by atoms with Gasteiger partial charge in [0.2, 0.25) is 0 Å². The molecule has 2 aromatic heterocycles. The predicted molar refractivity (Wildman–Crippen MR) is 88.3 cm³/mol. The van der Waals surface area contributed by atoms with Gasteiger partial charge in [0.05, 0.1) is 6.04 Å². The zero-order valence-corrected chi connectivity index (χ0v) is 14.1. The lowest BCUT2D eigenvalue weighted by molar-refractivity contribution is 0.0581. The van der Waals surface area contributed by atoms with Gasteiger partial charge in [-0.05, 0) is 51.0 Å². The third-order valence-electron chi connectivity index (χ3n) is 5.09. The molecule has 1 saturated heterocycles. The zero-order valence-electron chi connectivity index (χ0n) is 14.1. The molecule has 0 unspecified atom stereocenters. The molecular formula is C17H24N6O. The van der Waals surface area contributed by atoms with Crippen molar-refractivity contribution in [2.75, 3.05) is 6.54 Å². The van der Waals surface area contributed by atoms with Crippen LogP contribution in [-0.2, 0) is 13.1 Å². The van der Waals surface area contributed by atoms with Crippen molar-refractivity contribution in [3.63, 3.8) is 0 Å². The van der Waals surface area contributed by atoms with Gasteiger partial charge in [-0.3, -0.25) is 9.48 Å².